The normalized spacial score (nSPS) is 13.1. The van der Waals surface area contributed by atoms with Crippen LogP contribution < -0.4 is 10.6 Å². The van der Waals surface area contributed by atoms with E-state index in [9.17, 15) is 18.8 Å². The second kappa shape index (κ2) is 9.18. The Balaban J connectivity index is 1.66. The first-order valence-corrected chi connectivity index (χ1v) is 9.18. The highest BCUT2D eigenvalue weighted by molar-refractivity contribution is 5.89. The number of hydrogen-bond donors (Lipinski definition) is 3. The third kappa shape index (κ3) is 4.71. The van der Waals surface area contributed by atoms with Crippen molar-refractivity contribution in [3.8, 4) is 11.1 Å². The molecule has 0 heterocycles. The van der Waals surface area contributed by atoms with Gasteiger partial charge >= 0.3 is 12.1 Å². The van der Waals surface area contributed by atoms with Crippen LogP contribution in [0.2, 0.25) is 0 Å². The largest absolute Gasteiger partial charge is 0.481 e. The van der Waals surface area contributed by atoms with Crippen molar-refractivity contribution in [2.75, 3.05) is 19.8 Å². The number of alkyl halides is 1. The standard InChI is InChI=1S/C21H21FN2O5/c22-9-10-23-20(27)18(11-19(25)26)24-21(28)29-12-17-15-7-3-1-5-13(15)14-6-2-4-8-16(14)17/h1-8,17-18H,9-12H2,(H,23,27)(H,24,28)(H,25,26). The van der Waals surface area contributed by atoms with Gasteiger partial charge in [0.25, 0.3) is 0 Å². The van der Waals surface area contributed by atoms with Crippen LogP contribution in [-0.2, 0) is 14.3 Å². The predicted molar refractivity (Wildman–Crippen MR) is 103 cm³/mol. The van der Waals surface area contributed by atoms with E-state index < -0.39 is 37.1 Å². The van der Waals surface area contributed by atoms with Gasteiger partial charge in [0.2, 0.25) is 5.91 Å². The van der Waals surface area contributed by atoms with Crippen LogP contribution in [0.25, 0.3) is 11.1 Å². The van der Waals surface area contributed by atoms with Gasteiger partial charge in [0.1, 0.15) is 19.3 Å². The molecule has 0 aromatic heterocycles. The number of halogens is 1. The van der Waals surface area contributed by atoms with Gasteiger partial charge in [-0.3, -0.25) is 9.59 Å². The maximum Gasteiger partial charge on any atom is 0.407 e. The lowest BCUT2D eigenvalue weighted by Crippen LogP contribution is -2.48. The van der Waals surface area contributed by atoms with E-state index in [1.807, 2.05) is 48.5 Å². The lowest BCUT2D eigenvalue weighted by Gasteiger charge is -2.18. The van der Waals surface area contributed by atoms with E-state index in [0.29, 0.717) is 0 Å². The van der Waals surface area contributed by atoms with Gasteiger partial charge in [-0.1, -0.05) is 48.5 Å². The molecular formula is C21H21FN2O5. The van der Waals surface area contributed by atoms with E-state index in [1.54, 1.807) is 0 Å². The van der Waals surface area contributed by atoms with Crippen LogP contribution in [0.15, 0.2) is 48.5 Å². The van der Waals surface area contributed by atoms with E-state index in [-0.39, 0.29) is 19.1 Å². The van der Waals surface area contributed by atoms with Crippen molar-refractivity contribution in [2.45, 2.75) is 18.4 Å². The summed E-state index contributed by atoms with van der Waals surface area (Å²) in [6.45, 7) is -1.02. The van der Waals surface area contributed by atoms with Gasteiger partial charge in [-0.15, -0.1) is 0 Å². The smallest absolute Gasteiger partial charge is 0.407 e. The molecule has 152 valence electrons. The molecule has 0 aliphatic heterocycles. The van der Waals surface area contributed by atoms with Crippen molar-refractivity contribution in [1.29, 1.82) is 0 Å². The molecule has 3 rings (SSSR count). The average molecular weight is 400 g/mol. The summed E-state index contributed by atoms with van der Waals surface area (Å²) in [5.74, 6) is -2.21. The molecule has 8 heteroatoms. The minimum absolute atomic E-state index is 0.0335. The summed E-state index contributed by atoms with van der Waals surface area (Å²) in [6.07, 6.45) is -1.55. The van der Waals surface area contributed by atoms with Gasteiger partial charge in [-0.2, -0.15) is 0 Å². The number of ether oxygens (including phenoxy) is 1. The number of carboxylic acids is 1. The topological polar surface area (TPSA) is 105 Å². The quantitative estimate of drug-likeness (QED) is 0.631. The SMILES string of the molecule is O=C(O)CC(NC(=O)OCC1c2ccccc2-c2ccccc21)C(=O)NCCF. The molecule has 0 fully saturated rings. The first kappa shape index (κ1) is 20.3. The van der Waals surface area contributed by atoms with Crippen LogP contribution >= 0.6 is 0 Å². The summed E-state index contributed by atoms with van der Waals surface area (Å²) in [4.78, 5) is 35.1. The van der Waals surface area contributed by atoms with Crippen LogP contribution in [0.5, 0.6) is 0 Å². The Hall–Kier alpha value is -3.42. The number of carboxylic acid groups (broad SMARTS) is 1. The molecule has 0 bridgehead atoms. The van der Waals surface area contributed by atoms with Crippen molar-refractivity contribution in [1.82, 2.24) is 10.6 Å². The number of carbonyl (C=O) groups is 3. The van der Waals surface area contributed by atoms with E-state index >= 15 is 0 Å². The fraction of sp³-hybridized carbons (Fsp3) is 0.286. The number of benzene rings is 2. The first-order chi connectivity index (χ1) is 14.0. The number of alkyl carbamates (subject to hydrolysis) is 1. The molecule has 1 aliphatic carbocycles. The number of rotatable bonds is 8. The summed E-state index contributed by atoms with van der Waals surface area (Å²) >= 11 is 0. The second-order valence-electron chi connectivity index (χ2n) is 6.60. The Kier molecular flexibility index (Phi) is 6.43. The number of nitrogens with one attached hydrogen (secondary N) is 2. The molecule has 1 unspecified atom stereocenters. The molecule has 0 saturated heterocycles. The third-order valence-electron chi connectivity index (χ3n) is 4.72. The van der Waals surface area contributed by atoms with Crippen LogP contribution in [0.3, 0.4) is 0 Å². The molecule has 3 N–H and O–H groups in total. The van der Waals surface area contributed by atoms with Gasteiger partial charge in [0, 0.05) is 12.5 Å². The Morgan fingerprint density at radius 2 is 1.62 bits per heavy atom. The third-order valence-corrected chi connectivity index (χ3v) is 4.72. The molecule has 7 nitrogen and oxygen atoms in total. The van der Waals surface area contributed by atoms with Crippen molar-refractivity contribution in [3.05, 3.63) is 59.7 Å². The molecule has 2 aromatic carbocycles. The van der Waals surface area contributed by atoms with Crippen molar-refractivity contribution in [2.24, 2.45) is 0 Å². The van der Waals surface area contributed by atoms with Gasteiger partial charge in [-0.25, -0.2) is 9.18 Å². The van der Waals surface area contributed by atoms with Crippen molar-refractivity contribution in [3.63, 3.8) is 0 Å². The van der Waals surface area contributed by atoms with E-state index in [0.717, 1.165) is 22.3 Å². The summed E-state index contributed by atoms with van der Waals surface area (Å²) in [5, 5.41) is 13.4. The maximum atomic E-state index is 12.2. The average Bonchev–Trinajstić information content (AvgIpc) is 3.03. The molecule has 0 spiro atoms. The minimum Gasteiger partial charge on any atom is -0.481 e. The van der Waals surface area contributed by atoms with Crippen LogP contribution in [0, 0.1) is 0 Å². The fourth-order valence-electron chi connectivity index (χ4n) is 3.46. The van der Waals surface area contributed by atoms with E-state index in [2.05, 4.69) is 10.6 Å². The lowest BCUT2D eigenvalue weighted by atomic mass is 9.98. The summed E-state index contributed by atoms with van der Waals surface area (Å²) in [7, 11) is 0. The zero-order chi connectivity index (χ0) is 20.8. The lowest BCUT2D eigenvalue weighted by molar-refractivity contribution is -0.139. The van der Waals surface area contributed by atoms with Crippen LogP contribution in [-0.4, -0.2) is 48.9 Å². The predicted octanol–water partition coefficient (Wildman–Crippen LogP) is 2.45. The van der Waals surface area contributed by atoms with Crippen molar-refractivity contribution < 1.29 is 28.6 Å². The molecule has 1 aliphatic rings. The zero-order valence-electron chi connectivity index (χ0n) is 15.6. The summed E-state index contributed by atoms with van der Waals surface area (Å²) < 4.78 is 17.5. The number of hydrogen-bond acceptors (Lipinski definition) is 4. The molecular weight excluding hydrogens is 379 g/mol. The molecule has 29 heavy (non-hydrogen) atoms. The zero-order valence-corrected chi connectivity index (χ0v) is 15.6. The second-order valence-corrected chi connectivity index (χ2v) is 6.60. The first-order valence-electron chi connectivity index (χ1n) is 9.18. The Morgan fingerprint density at radius 1 is 1.03 bits per heavy atom. The highest BCUT2D eigenvalue weighted by Gasteiger charge is 2.30. The molecule has 0 saturated carbocycles. The molecule has 2 aromatic rings. The van der Waals surface area contributed by atoms with Crippen molar-refractivity contribution >= 4 is 18.0 Å². The van der Waals surface area contributed by atoms with Gasteiger partial charge in [0.05, 0.1) is 6.42 Å². The highest BCUT2D eigenvalue weighted by Crippen LogP contribution is 2.44. The minimum atomic E-state index is -1.35. The van der Waals surface area contributed by atoms with Gasteiger partial charge in [-0.05, 0) is 22.3 Å². The number of amides is 2. The highest BCUT2D eigenvalue weighted by atomic mass is 19.1. The maximum absolute atomic E-state index is 12.2. The van der Waals surface area contributed by atoms with Crippen LogP contribution in [0.4, 0.5) is 9.18 Å². The van der Waals surface area contributed by atoms with E-state index in [1.165, 1.54) is 0 Å². The number of fused-ring (bicyclic) bond motifs is 3. The summed E-state index contributed by atoms with van der Waals surface area (Å²) in [5.41, 5.74) is 4.21. The molecule has 1 atom stereocenters. The molecule has 2 amide bonds. The molecule has 0 radical (unpaired) electrons. The Morgan fingerprint density at radius 3 is 2.17 bits per heavy atom. The van der Waals surface area contributed by atoms with Crippen LogP contribution in [0.1, 0.15) is 23.5 Å². The number of aliphatic carboxylic acids is 1. The number of carbonyl (C=O) groups excluding carboxylic acids is 2. The van der Waals surface area contributed by atoms with E-state index in [4.69, 9.17) is 9.84 Å². The monoisotopic (exact) mass is 400 g/mol. The Bertz CT molecular complexity index is 872. The van der Waals surface area contributed by atoms with Gasteiger partial charge < -0.3 is 20.5 Å². The fourth-order valence-corrected chi connectivity index (χ4v) is 3.46. The Labute approximate surface area is 166 Å². The van der Waals surface area contributed by atoms with Gasteiger partial charge in [0.15, 0.2) is 0 Å². The summed E-state index contributed by atoms with van der Waals surface area (Å²) in [6, 6.07) is 14.3.